The summed E-state index contributed by atoms with van der Waals surface area (Å²) >= 11 is 1.45. The molecule has 0 saturated carbocycles. The SMILES string of the molecule is COC(=O)c1c(NC(=O)NCCCO)sc2c1CCCC2. The molecular weight excluding hydrogens is 292 g/mol. The summed E-state index contributed by atoms with van der Waals surface area (Å²) in [6, 6.07) is -0.368. The number of methoxy groups -OCH3 is 1. The Morgan fingerprint density at radius 2 is 2.10 bits per heavy atom. The molecule has 116 valence electrons. The van der Waals surface area contributed by atoms with Gasteiger partial charge in [-0.05, 0) is 37.7 Å². The van der Waals surface area contributed by atoms with E-state index in [1.54, 1.807) is 0 Å². The average molecular weight is 312 g/mol. The molecule has 0 atom stereocenters. The van der Waals surface area contributed by atoms with Crippen molar-refractivity contribution in [2.24, 2.45) is 0 Å². The molecule has 7 heteroatoms. The van der Waals surface area contributed by atoms with Crippen molar-refractivity contribution in [2.45, 2.75) is 32.1 Å². The highest BCUT2D eigenvalue weighted by molar-refractivity contribution is 7.17. The highest BCUT2D eigenvalue weighted by Gasteiger charge is 2.26. The zero-order chi connectivity index (χ0) is 15.2. The van der Waals surface area contributed by atoms with Gasteiger partial charge in [-0.2, -0.15) is 0 Å². The standard InChI is InChI=1S/C14H20N2O4S/c1-20-13(18)11-9-5-2-3-6-10(9)21-12(11)16-14(19)15-7-4-8-17/h17H,2-8H2,1H3,(H2,15,16,19). The van der Waals surface area contributed by atoms with Crippen molar-refractivity contribution in [3.63, 3.8) is 0 Å². The highest BCUT2D eigenvalue weighted by Crippen LogP contribution is 2.38. The number of thiophene rings is 1. The van der Waals surface area contributed by atoms with Crippen LogP contribution in [-0.4, -0.2) is 37.4 Å². The number of hydrogen-bond acceptors (Lipinski definition) is 5. The lowest BCUT2D eigenvalue weighted by Gasteiger charge is -2.11. The first-order valence-electron chi connectivity index (χ1n) is 7.06. The van der Waals surface area contributed by atoms with Crippen LogP contribution in [0.1, 0.15) is 40.1 Å². The molecule has 0 radical (unpaired) electrons. The van der Waals surface area contributed by atoms with Gasteiger partial charge in [-0.1, -0.05) is 0 Å². The maximum absolute atomic E-state index is 12.0. The second-order valence-corrected chi connectivity index (χ2v) is 5.97. The summed E-state index contributed by atoms with van der Waals surface area (Å²) < 4.78 is 4.84. The normalized spacial score (nSPS) is 13.4. The first kappa shape index (κ1) is 15.8. The summed E-state index contributed by atoms with van der Waals surface area (Å²) in [5, 5.41) is 14.6. The smallest absolute Gasteiger partial charge is 0.341 e. The quantitative estimate of drug-likeness (QED) is 0.572. The Balaban J connectivity index is 2.16. The molecule has 1 aliphatic rings. The van der Waals surface area contributed by atoms with Crippen LogP contribution in [0.2, 0.25) is 0 Å². The van der Waals surface area contributed by atoms with Gasteiger partial charge in [0.25, 0.3) is 0 Å². The number of carbonyl (C=O) groups excluding carboxylic acids is 2. The Kier molecular flexibility index (Phi) is 5.58. The predicted molar refractivity (Wildman–Crippen MR) is 81.0 cm³/mol. The molecule has 3 N–H and O–H groups in total. The third kappa shape index (κ3) is 3.74. The summed E-state index contributed by atoms with van der Waals surface area (Å²) in [4.78, 5) is 25.0. The monoisotopic (exact) mass is 312 g/mol. The van der Waals surface area contributed by atoms with Crippen molar-refractivity contribution in [2.75, 3.05) is 25.6 Å². The summed E-state index contributed by atoms with van der Waals surface area (Å²) in [7, 11) is 1.35. The summed E-state index contributed by atoms with van der Waals surface area (Å²) in [5.41, 5.74) is 1.51. The Labute approximate surface area is 127 Å². The number of rotatable bonds is 5. The Bertz CT molecular complexity index is 527. The molecule has 6 nitrogen and oxygen atoms in total. The van der Waals surface area contributed by atoms with E-state index in [4.69, 9.17) is 9.84 Å². The third-order valence-electron chi connectivity index (χ3n) is 3.41. The topological polar surface area (TPSA) is 87.7 Å². The third-order valence-corrected chi connectivity index (χ3v) is 4.62. The largest absolute Gasteiger partial charge is 0.465 e. The van der Waals surface area contributed by atoms with Crippen molar-refractivity contribution < 1.29 is 19.4 Å². The van der Waals surface area contributed by atoms with Gasteiger partial charge in [0.05, 0.1) is 12.7 Å². The van der Waals surface area contributed by atoms with Gasteiger partial charge in [-0.3, -0.25) is 5.32 Å². The molecule has 1 aromatic heterocycles. The van der Waals surface area contributed by atoms with E-state index in [2.05, 4.69) is 10.6 Å². The number of carbonyl (C=O) groups is 2. The highest BCUT2D eigenvalue weighted by atomic mass is 32.1. The molecule has 2 amide bonds. The second kappa shape index (κ2) is 7.42. The zero-order valence-corrected chi connectivity index (χ0v) is 12.8. The van der Waals surface area contributed by atoms with E-state index in [9.17, 15) is 9.59 Å². The molecule has 0 bridgehead atoms. The van der Waals surface area contributed by atoms with E-state index in [0.717, 1.165) is 36.1 Å². The van der Waals surface area contributed by atoms with Gasteiger partial charge in [0.15, 0.2) is 0 Å². The van der Waals surface area contributed by atoms with E-state index < -0.39 is 5.97 Å². The van der Waals surface area contributed by atoms with Crippen molar-refractivity contribution in [1.29, 1.82) is 0 Å². The lowest BCUT2D eigenvalue weighted by Crippen LogP contribution is -2.30. The van der Waals surface area contributed by atoms with Crippen LogP contribution in [0.4, 0.5) is 9.80 Å². The molecule has 0 unspecified atom stereocenters. The van der Waals surface area contributed by atoms with E-state index in [1.165, 1.54) is 18.4 Å². The summed E-state index contributed by atoms with van der Waals surface area (Å²) in [6.45, 7) is 0.419. The van der Waals surface area contributed by atoms with E-state index >= 15 is 0 Å². The van der Waals surface area contributed by atoms with Gasteiger partial charge in [0.2, 0.25) is 0 Å². The Hall–Kier alpha value is -1.60. The fourth-order valence-electron chi connectivity index (χ4n) is 2.40. The van der Waals surface area contributed by atoms with Crippen molar-refractivity contribution in [1.82, 2.24) is 5.32 Å². The van der Waals surface area contributed by atoms with Crippen LogP contribution in [0.15, 0.2) is 0 Å². The molecular formula is C14H20N2O4S. The maximum Gasteiger partial charge on any atom is 0.341 e. The average Bonchev–Trinajstić information content (AvgIpc) is 2.84. The summed E-state index contributed by atoms with van der Waals surface area (Å²) in [5.74, 6) is -0.403. The van der Waals surface area contributed by atoms with Crippen LogP contribution in [0, 0.1) is 0 Å². The molecule has 1 heterocycles. The number of esters is 1. The van der Waals surface area contributed by atoms with Crippen LogP contribution < -0.4 is 10.6 Å². The van der Waals surface area contributed by atoms with Gasteiger partial charge in [-0.15, -0.1) is 11.3 Å². The maximum atomic E-state index is 12.0. The van der Waals surface area contributed by atoms with Gasteiger partial charge >= 0.3 is 12.0 Å². The molecule has 1 aliphatic carbocycles. The number of ether oxygens (including phenoxy) is 1. The van der Waals surface area contributed by atoms with Crippen LogP contribution >= 0.6 is 11.3 Å². The van der Waals surface area contributed by atoms with Crippen LogP contribution in [-0.2, 0) is 17.6 Å². The van der Waals surface area contributed by atoms with Gasteiger partial charge in [0.1, 0.15) is 5.00 Å². The molecule has 2 rings (SSSR count). The molecule has 0 aromatic carbocycles. The van der Waals surface area contributed by atoms with Crippen molar-refractivity contribution in [3.05, 3.63) is 16.0 Å². The minimum Gasteiger partial charge on any atom is -0.465 e. The van der Waals surface area contributed by atoms with Gasteiger partial charge in [0, 0.05) is 18.0 Å². The van der Waals surface area contributed by atoms with Crippen molar-refractivity contribution in [3.8, 4) is 0 Å². The Morgan fingerprint density at radius 1 is 1.33 bits per heavy atom. The first-order valence-corrected chi connectivity index (χ1v) is 7.87. The fraction of sp³-hybridized carbons (Fsp3) is 0.571. The molecule has 0 fully saturated rings. The van der Waals surface area contributed by atoms with Crippen LogP contribution in [0.25, 0.3) is 0 Å². The van der Waals surface area contributed by atoms with E-state index in [0.29, 0.717) is 23.5 Å². The number of aliphatic hydroxyl groups is 1. The molecule has 21 heavy (non-hydrogen) atoms. The number of anilines is 1. The predicted octanol–water partition coefficient (Wildman–Crippen LogP) is 1.92. The van der Waals surface area contributed by atoms with E-state index in [1.807, 2.05) is 0 Å². The number of amides is 2. The first-order chi connectivity index (χ1) is 10.2. The number of aliphatic hydroxyl groups excluding tert-OH is 1. The molecule has 0 spiro atoms. The molecule has 0 saturated heterocycles. The minimum atomic E-state index is -0.403. The zero-order valence-electron chi connectivity index (χ0n) is 12.0. The summed E-state index contributed by atoms with van der Waals surface area (Å²) in [6.07, 6.45) is 4.45. The second-order valence-electron chi connectivity index (χ2n) is 4.86. The number of aryl methyl sites for hydroxylation is 1. The van der Waals surface area contributed by atoms with Crippen molar-refractivity contribution >= 4 is 28.3 Å². The number of urea groups is 1. The molecule has 1 aromatic rings. The number of nitrogens with one attached hydrogen (secondary N) is 2. The minimum absolute atomic E-state index is 0.0288. The van der Waals surface area contributed by atoms with E-state index in [-0.39, 0.29) is 12.6 Å². The Morgan fingerprint density at radius 3 is 2.81 bits per heavy atom. The van der Waals surface area contributed by atoms with Gasteiger partial charge < -0.3 is 15.2 Å². The number of fused-ring (bicyclic) bond motifs is 1. The fourth-order valence-corrected chi connectivity index (χ4v) is 3.67. The van der Waals surface area contributed by atoms with Crippen LogP contribution in [0.3, 0.4) is 0 Å². The lowest BCUT2D eigenvalue weighted by molar-refractivity contribution is 0.0601. The lowest BCUT2D eigenvalue weighted by atomic mass is 9.95. The molecule has 0 aliphatic heterocycles. The van der Waals surface area contributed by atoms with Crippen LogP contribution in [0.5, 0.6) is 0 Å². The number of hydrogen-bond donors (Lipinski definition) is 3. The van der Waals surface area contributed by atoms with Gasteiger partial charge in [-0.25, -0.2) is 9.59 Å².